The average Bonchev–Trinajstić information content (AvgIpc) is 3.79. The van der Waals surface area contributed by atoms with Gasteiger partial charge in [0.15, 0.2) is 0 Å². The second kappa shape index (κ2) is 14.1. The molecular formula is C34H45N3O7. The minimum Gasteiger partial charge on any atom is -0.480 e. The Bertz CT molecular complexity index is 1310. The number of hydrogen-bond acceptors (Lipinski definition) is 6. The third-order valence-corrected chi connectivity index (χ3v) is 8.22. The van der Waals surface area contributed by atoms with Crippen LogP contribution in [0.25, 0.3) is 0 Å². The fourth-order valence-electron chi connectivity index (χ4n) is 5.74. The normalized spacial score (nSPS) is 16.1. The van der Waals surface area contributed by atoms with Gasteiger partial charge < -0.3 is 29.3 Å². The van der Waals surface area contributed by atoms with Gasteiger partial charge in [-0.05, 0) is 62.6 Å². The number of benzene rings is 2. The van der Waals surface area contributed by atoms with Crippen LogP contribution in [0.3, 0.4) is 0 Å². The van der Waals surface area contributed by atoms with E-state index in [1.807, 2.05) is 54.6 Å². The quantitative estimate of drug-likeness (QED) is 0.349. The summed E-state index contributed by atoms with van der Waals surface area (Å²) >= 11 is 0. The minimum absolute atomic E-state index is 0.0959. The number of carbonyl (C=O) groups excluding carboxylic acids is 3. The number of piperidine rings is 1. The summed E-state index contributed by atoms with van der Waals surface area (Å²) in [6.45, 7) is 6.22. The van der Waals surface area contributed by atoms with Crippen molar-refractivity contribution in [1.82, 2.24) is 14.7 Å². The largest absolute Gasteiger partial charge is 0.480 e. The molecule has 2 aromatic carbocycles. The van der Waals surface area contributed by atoms with Crippen molar-refractivity contribution in [2.24, 2.45) is 11.3 Å². The monoisotopic (exact) mass is 607 g/mol. The molecule has 0 unspecified atom stereocenters. The molecule has 0 radical (unpaired) electrons. The molecule has 238 valence electrons. The molecule has 10 heteroatoms. The molecule has 10 nitrogen and oxygen atoms in total. The molecular weight excluding hydrogens is 562 g/mol. The van der Waals surface area contributed by atoms with Crippen LogP contribution in [-0.4, -0.2) is 76.2 Å². The van der Waals surface area contributed by atoms with Crippen LogP contribution in [0.15, 0.2) is 54.6 Å². The van der Waals surface area contributed by atoms with Crippen molar-refractivity contribution in [3.05, 3.63) is 71.3 Å². The first-order valence-electron chi connectivity index (χ1n) is 15.3. The SMILES string of the molecule is CN(Cc1ccccc1CN(CC(=O)O)C(=O)C1(CC2CC2)CCN(C(=O)OCc2ccccc2)CC1)C(=O)OC(C)(C)C. The lowest BCUT2D eigenvalue weighted by molar-refractivity contribution is -0.153. The van der Waals surface area contributed by atoms with Crippen molar-refractivity contribution in [3.8, 4) is 0 Å². The van der Waals surface area contributed by atoms with Gasteiger partial charge in [-0.25, -0.2) is 9.59 Å². The number of carbonyl (C=O) groups is 4. The van der Waals surface area contributed by atoms with Crippen LogP contribution in [0.4, 0.5) is 9.59 Å². The van der Waals surface area contributed by atoms with E-state index < -0.39 is 35.7 Å². The standard InChI is InChI=1S/C34H45N3O7/c1-33(2,3)44-31(41)35(4)21-27-12-8-9-13-28(27)22-37(23-29(38)39)30(40)34(20-25-14-15-25)16-18-36(19-17-34)32(42)43-24-26-10-6-5-7-11-26/h5-13,25H,14-24H2,1-4H3,(H,38,39). The van der Waals surface area contributed by atoms with Gasteiger partial charge in [0.1, 0.15) is 18.8 Å². The number of carboxylic acids is 1. The molecule has 4 rings (SSSR count). The Kier molecular flexibility index (Phi) is 10.5. The lowest BCUT2D eigenvalue weighted by atomic mass is 9.73. The van der Waals surface area contributed by atoms with Crippen molar-refractivity contribution in [1.29, 1.82) is 0 Å². The van der Waals surface area contributed by atoms with Gasteiger partial charge in [0.05, 0.1) is 5.41 Å². The van der Waals surface area contributed by atoms with Crippen molar-refractivity contribution in [2.45, 2.75) is 78.2 Å². The number of aliphatic carboxylic acids is 1. The Labute approximate surface area is 259 Å². The minimum atomic E-state index is -1.09. The van der Waals surface area contributed by atoms with E-state index in [1.54, 1.807) is 32.7 Å². The number of likely N-dealkylation sites (tertiary alicyclic amines) is 1. The number of rotatable bonds is 11. The van der Waals surface area contributed by atoms with Gasteiger partial charge in [-0.1, -0.05) is 67.4 Å². The molecule has 0 atom stereocenters. The molecule has 2 aliphatic rings. The maximum absolute atomic E-state index is 14.4. The first-order valence-corrected chi connectivity index (χ1v) is 15.3. The van der Waals surface area contributed by atoms with Crippen LogP contribution in [-0.2, 0) is 38.8 Å². The first kappa shape index (κ1) is 32.8. The zero-order valence-electron chi connectivity index (χ0n) is 26.3. The van der Waals surface area contributed by atoms with Gasteiger partial charge in [0.2, 0.25) is 5.91 Å². The summed E-state index contributed by atoms with van der Waals surface area (Å²) in [6, 6.07) is 16.9. The third kappa shape index (κ3) is 9.21. The first-order chi connectivity index (χ1) is 20.8. The fourth-order valence-corrected chi connectivity index (χ4v) is 5.74. The van der Waals surface area contributed by atoms with Crippen molar-refractivity contribution < 1.29 is 33.8 Å². The van der Waals surface area contributed by atoms with Crippen molar-refractivity contribution in [2.75, 3.05) is 26.7 Å². The summed E-state index contributed by atoms with van der Waals surface area (Å²) in [6.07, 6.45) is 2.80. The number of amides is 3. The van der Waals surface area contributed by atoms with Gasteiger partial charge in [-0.15, -0.1) is 0 Å². The van der Waals surface area contributed by atoms with E-state index in [-0.39, 0.29) is 25.6 Å². The van der Waals surface area contributed by atoms with Crippen molar-refractivity contribution in [3.63, 3.8) is 0 Å². The highest BCUT2D eigenvalue weighted by molar-refractivity contribution is 5.86. The fraction of sp³-hybridized carbons (Fsp3) is 0.529. The van der Waals surface area contributed by atoms with Gasteiger partial charge in [-0.3, -0.25) is 9.59 Å². The van der Waals surface area contributed by atoms with E-state index in [1.165, 1.54) is 9.80 Å². The summed E-state index contributed by atoms with van der Waals surface area (Å²) in [7, 11) is 1.65. The molecule has 44 heavy (non-hydrogen) atoms. The second-order valence-corrected chi connectivity index (χ2v) is 13.1. The molecule has 2 aromatic rings. The number of nitrogens with zero attached hydrogens (tertiary/aromatic N) is 3. The molecule has 1 saturated heterocycles. The maximum atomic E-state index is 14.4. The highest BCUT2D eigenvalue weighted by Gasteiger charge is 2.47. The third-order valence-electron chi connectivity index (χ3n) is 8.22. The van der Waals surface area contributed by atoms with E-state index >= 15 is 0 Å². The van der Waals surface area contributed by atoms with Crippen LogP contribution in [0.2, 0.25) is 0 Å². The van der Waals surface area contributed by atoms with Gasteiger partial charge in [0, 0.05) is 33.2 Å². The molecule has 1 heterocycles. The summed E-state index contributed by atoms with van der Waals surface area (Å²) in [5, 5.41) is 9.82. The Hall–Kier alpha value is -4.08. The smallest absolute Gasteiger partial charge is 0.410 e. The number of ether oxygens (including phenoxy) is 2. The van der Waals surface area contributed by atoms with E-state index in [4.69, 9.17) is 9.47 Å². The van der Waals surface area contributed by atoms with Gasteiger partial charge in [0.25, 0.3) is 0 Å². The Morgan fingerprint density at radius 1 is 0.932 bits per heavy atom. The summed E-state index contributed by atoms with van der Waals surface area (Å²) in [5.74, 6) is -0.860. The Morgan fingerprint density at radius 3 is 2.09 bits per heavy atom. The molecule has 2 fully saturated rings. The predicted octanol–water partition coefficient (Wildman–Crippen LogP) is 5.69. The topological polar surface area (TPSA) is 117 Å². The Balaban J connectivity index is 1.47. The molecule has 1 N–H and O–H groups in total. The summed E-state index contributed by atoms with van der Waals surface area (Å²) in [5.41, 5.74) is 1.07. The highest BCUT2D eigenvalue weighted by atomic mass is 16.6. The van der Waals surface area contributed by atoms with E-state index in [9.17, 15) is 24.3 Å². The number of carboxylic acid groups (broad SMARTS) is 1. The van der Waals surface area contributed by atoms with Crippen LogP contribution >= 0.6 is 0 Å². The summed E-state index contributed by atoms with van der Waals surface area (Å²) < 4.78 is 11.0. The van der Waals surface area contributed by atoms with Crippen molar-refractivity contribution >= 4 is 24.1 Å². The molecule has 3 amide bonds. The zero-order valence-corrected chi connectivity index (χ0v) is 26.3. The number of hydrogen-bond donors (Lipinski definition) is 1. The predicted molar refractivity (Wildman–Crippen MR) is 164 cm³/mol. The average molecular weight is 608 g/mol. The van der Waals surface area contributed by atoms with Gasteiger partial charge >= 0.3 is 18.2 Å². The molecule has 0 bridgehead atoms. The lowest BCUT2D eigenvalue weighted by Gasteiger charge is -2.43. The Morgan fingerprint density at radius 2 is 1.52 bits per heavy atom. The molecule has 1 aliphatic carbocycles. The molecule has 1 aliphatic heterocycles. The van der Waals surface area contributed by atoms with Gasteiger partial charge in [-0.2, -0.15) is 0 Å². The van der Waals surface area contributed by atoms with Crippen LogP contribution in [0, 0.1) is 11.3 Å². The maximum Gasteiger partial charge on any atom is 0.410 e. The van der Waals surface area contributed by atoms with Crippen LogP contribution < -0.4 is 0 Å². The van der Waals surface area contributed by atoms with Crippen LogP contribution in [0.1, 0.15) is 69.6 Å². The molecule has 1 saturated carbocycles. The van der Waals surface area contributed by atoms with E-state index in [0.717, 1.165) is 29.5 Å². The zero-order chi connectivity index (χ0) is 31.9. The lowest BCUT2D eigenvalue weighted by Crippen LogP contribution is -2.52. The summed E-state index contributed by atoms with van der Waals surface area (Å²) in [4.78, 5) is 56.4. The molecule has 0 spiro atoms. The van der Waals surface area contributed by atoms with E-state index in [0.29, 0.717) is 38.3 Å². The highest BCUT2D eigenvalue weighted by Crippen LogP contribution is 2.47. The second-order valence-electron chi connectivity index (χ2n) is 13.1. The molecule has 0 aromatic heterocycles. The van der Waals surface area contributed by atoms with E-state index in [2.05, 4.69) is 0 Å². The van der Waals surface area contributed by atoms with Crippen LogP contribution in [0.5, 0.6) is 0 Å².